The van der Waals surface area contributed by atoms with Crippen LogP contribution in [0.3, 0.4) is 0 Å². The summed E-state index contributed by atoms with van der Waals surface area (Å²) in [5.41, 5.74) is 0.734. The molecule has 1 aliphatic carbocycles. The van der Waals surface area contributed by atoms with Crippen LogP contribution in [0.15, 0.2) is 10.9 Å². The molecule has 1 saturated carbocycles. The number of carboxylic acids is 1. The summed E-state index contributed by atoms with van der Waals surface area (Å²) in [5, 5.41) is 13.7. The SMILES string of the molecule is CC1CCC(NC(=O)c2cscn2)(C(=O)O)CC1. The topological polar surface area (TPSA) is 79.3 Å². The van der Waals surface area contributed by atoms with Crippen molar-refractivity contribution in [1.82, 2.24) is 10.3 Å². The smallest absolute Gasteiger partial charge is 0.329 e. The number of hydrogen-bond acceptors (Lipinski definition) is 4. The Hall–Kier alpha value is -1.43. The van der Waals surface area contributed by atoms with Crippen LogP contribution in [0.2, 0.25) is 0 Å². The molecule has 0 bridgehead atoms. The van der Waals surface area contributed by atoms with Crippen molar-refractivity contribution < 1.29 is 14.7 Å². The fourth-order valence-corrected chi connectivity index (χ4v) is 2.79. The second-order valence-electron chi connectivity index (χ2n) is 4.90. The highest BCUT2D eigenvalue weighted by molar-refractivity contribution is 7.07. The molecule has 2 rings (SSSR count). The summed E-state index contributed by atoms with van der Waals surface area (Å²) in [6, 6.07) is 0. The van der Waals surface area contributed by atoms with Gasteiger partial charge in [-0.2, -0.15) is 0 Å². The van der Waals surface area contributed by atoms with E-state index in [-0.39, 0.29) is 0 Å². The molecule has 0 radical (unpaired) electrons. The summed E-state index contributed by atoms with van der Waals surface area (Å²) in [6.07, 6.45) is 2.62. The third-order valence-corrected chi connectivity index (χ3v) is 4.14. The van der Waals surface area contributed by atoms with E-state index in [1.807, 2.05) is 0 Å². The molecule has 0 unspecified atom stereocenters. The summed E-state index contributed by atoms with van der Waals surface area (Å²) >= 11 is 1.32. The molecular weight excluding hydrogens is 252 g/mol. The summed E-state index contributed by atoms with van der Waals surface area (Å²) in [6.45, 7) is 2.11. The second kappa shape index (κ2) is 5.06. The van der Waals surface area contributed by atoms with Crippen molar-refractivity contribution in [3.05, 3.63) is 16.6 Å². The van der Waals surface area contributed by atoms with Crippen LogP contribution in [0.5, 0.6) is 0 Å². The van der Waals surface area contributed by atoms with Crippen molar-refractivity contribution in [3.63, 3.8) is 0 Å². The maximum Gasteiger partial charge on any atom is 0.329 e. The summed E-state index contributed by atoms with van der Waals surface area (Å²) in [7, 11) is 0. The van der Waals surface area contributed by atoms with Gasteiger partial charge in [0.05, 0.1) is 5.51 Å². The fraction of sp³-hybridized carbons (Fsp3) is 0.583. The zero-order valence-corrected chi connectivity index (χ0v) is 11.0. The predicted octanol–water partition coefficient (Wildman–Crippen LogP) is 1.91. The van der Waals surface area contributed by atoms with Crippen LogP contribution in [0.1, 0.15) is 43.1 Å². The third-order valence-electron chi connectivity index (χ3n) is 3.55. The molecule has 1 amide bonds. The first-order chi connectivity index (χ1) is 8.53. The van der Waals surface area contributed by atoms with Crippen LogP contribution < -0.4 is 5.32 Å². The number of carbonyl (C=O) groups is 2. The van der Waals surface area contributed by atoms with Crippen LogP contribution in [0.4, 0.5) is 0 Å². The molecule has 1 aliphatic rings. The number of carboxylic acid groups (broad SMARTS) is 1. The van der Waals surface area contributed by atoms with Gasteiger partial charge in [-0.05, 0) is 31.6 Å². The Bertz CT molecular complexity index is 436. The van der Waals surface area contributed by atoms with Gasteiger partial charge < -0.3 is 10.4 Å². The lowest BCUT2D eigenvalue weighted by Gasteiger charge is -2.36. The van der Waals surface area contributed by atoms with E-state index in [1.165, 1.54) is 11.3 Å². The lowest BCUT2D eigenvalue weighted by Crippen LogP contribution is -2.56. The summed E-state index contributed by atoms with van der Waals surface area (Å²) in [5.74, 6) is -0.820. The van der Waals surface area contributed by atoms with Crippen molar-refractivity contribution in [3.8, 4) is 0 Å². The van der Waals surface area contributed by atoms with Gasteiger partial charge in [-0.3, -0.25) is 4.79 Å². The number of carbonyl (C=O) groups excluding carboxylic acids is 1. The van der Waals surface area contributed by atoms with Gasteiger partial charge in [0.2, 0.25) is 0 Å². The van der Waals surface area contributed by atoms with Gasteiger partial charge in [0.15, 0.2) is 0 Å². The first-order valence-electron chi connectivity index (χ1n) is 5.97. The van der Waals surface area contributed by atoms with E-state index in [2.05, 4.69) is 17.2 Å². The highest BCUT2D eigenvalue weighted by Gasteiger charge is 2.42. The predicted molar refractivity (Wildman–Crippen MR) is 67.6 cm³/mol. The third kappa shape index (κ3) is 2.53. The van der Waals surface area contributed by atoms with Crippen LogP contribution >= 0.6 is 11.3 Å². The first kappa shape index (κ1) is 13.0. The average molecular weight is 268 g/mol. The minimum absolute atomic E-state index is 0.291. The molecule has 1 fully saturated rings. The second-order valence-corrected chi connectivity index (χ2v) is 5.62. The van der Waals surface area contributed by atoms with Gasteiger partial charge in [-0.15, -0.1) is 11.3 Å². The van der Waals surface area contributed by atoms with E-state index in [0.29, 0.717) is 24.5 Å². The fourth-order valence-electron chi connectivity index (χ4n) is 2.25. The van der Waals surface area contributed by atoms with Crippen molar-refractivity contribution in [2.75, 3.05) is 0 Å². The van der Waals surface area contributed by atoms with Crippen molar-refractivity contribution in [2.45, 2.75) is 38.1 Å². The van der Waals surface area contributed by atoms with E-state index in [9.17, 15) is 14.7 Å². The Morgan fingerprint density at radius 1 is 1.50 bits per heavy atom. The quantitative estimate of drug-likeness (QED) is 0.877. The lowest BCUT2D eigenvalue weighted by molar-refractivity contribution is -0.146. The van der Waals surface area contributed by atoms with Crippen molar-refractivity contribution >= 4 is 23.2 Å². The number of rotatable bonds is 3. The molecule has 0 aromatic carbocycles. The lowest BCUT2D eigenvalue weighted by atomic mass is 9.77. The minimum atomic E-state index is -1.12. The molecule has 0 spiro atoms. The molecule has 6 heteroatoms. The van der Waals surface area contributed by atoms with E-state index in [0.717, 1.165) is 12.8 Å². The number of aliphatic carboxylic acids is 1. The monoisotopic (exact) mass is 268 g/mol. The Morgan fingerprint density at radius 3 is 2.67 bits per heavy atom. The molecule has 98 valence electrons. The Morgan fingerprint density at radius 2 is 2.17 bits per heavy atom. The number of hydrogen-bond donors (Lipinski definition) is 2. The van der Waals surface area contributed by atoms with Crippen LogP contribution in [0.25, 0.3) is 0 Å². The number of aromatic nitrogens is 1. The molecule has 2 N–H and O–H groups in total. The van der Waals surface area contributed by atoms with Gasteiger partial charge in [0, 0.05) is 5.38 Å². The zero-order chi connectivity index (χ0) is 13.2. The molecule has 1 heterocycles. The highest BCUT2D eigenvalue weighted by Crippen LogP contribution is 2.32. The van der Waals surface area contributed by atoms with Crippen molar-refractivity contribution in [2.24, 2.45) is 5.92 Å². The van der Waals surface area contributed by atoms with Crippen LogP contribution in [-0.2, 0) is 4.79 Å². The number of thiazole rings is 1. The summed E-state index contributed by atoms with van der Waals surface area (Å²) < 4.78 is 0. The van der Waals surface area contributed by atoms with Gasteiger partial charge in [0.1, 0.15) is 11.2 Å². The average Bonchev–Trinajstić information content (AvgIpc) is 2.85. The zero-order valence-electron chi connectivity index (χ0n) is 10.2. The van der Waals surface area contributed by atoms with Gasteiger partial charge >= 0.3 is 5.97 Å². The molecule has 1 aromatic rings. The maximum absolute atomic E-state index is 11.9. The van der Waals surface area contributed by atoms with Gasteiger partial charge in [-0.1, -0.05) is 6.92 Å². The van der Waals surface area contributed by atoms with E-state index in [1.54, 1.807) is 10.9 Å². The minimum Gasteiger partial charge on any atom is -0.480 e. The Kier molecular flexibility index (Phi) is 3.65. The van der Waals surface area contributed by atoms with Crippen LogP contribution in [0, 0.1) is 5.92 Å². The molecule has 0 aliphatic heterocycles. The van der Waals surface area contributed by atoms with Gasteiger partial charge in [0.25, 0.3) is 5.91 Å². The van der Waals surface area contributed by atoms with Crippen LogP contribution in [-0.4, -0.2) is 27.5 Å². The normalized spacial score (nSPS) is 27.7. The number of nitrogens with zero attached hydrogens (tertiary/aromatic N) is 1. The molecule has 0 saturated heterocycles. The van der Waals surface area contributed by atoms with Gasteiger partial charge in [-0.25, -0.2) is 9.78 Å². The molecule has 18 heavy (non-hydrogen) atoms. The Labute approximate surface area is 109 Å². The molecule has 1 aromatic heterocycles. The number of amides is 1. The largest absolute Gasteiger partial charge is 0.480 e. The van der Waals surface area contributed by atoms with E-state index in [4.69, 9.17) is 0 Å². The Balaban J connectivity index is 2.12. The highest BCUT2D eigenvalue weighted by atomic mass is 32.1. The molecule has 0 atom stereocenters. The van der Waals surface area contributed by atoms with Crippen molar-refractivity contribution in [1.29, 1.82) is 0 Å². The maximum atomic E-state index is 11.9. The first-order valence-corrected chi connectivity index (χ1v) is 6.92. The van der Waals surface area contributed by atoms with E-state index >= 15 is 0 Å². The molecular formula is C12H16N2O3S. The summed E-state index contributed by atoms with van der Waals surface area (Å²) in [4.78, 5) is 27.3. The van der Waals surface area contributed by atoms with E-state index < -0.39 is 17.4 Å². The number of nitrogens with one attached hydrogen (secondary N) is 1. The molecule has 5 nitrogen and oxygen atoms in total. The standard InChI is InChI=1S/C12H16N2O3S/c1-8-2-4-12(5-3-8,11(16)17)14-10(15)9-6-18-7-13-9/h6-8H,2-5H2,1H3,(H,14,15)(H,16,17).